The summed E-state index contributed by atoms with van der Waals surface area (Å²) in [6.45, 7) is 0. The lowest BCUT2D eigenvalue weighted by Gasteiger charge is -2.27. The molecule has 11 aromatic carbocycles. The van der Waals surface area contributed by atoms with E-state index in [1.807, 2.05) is 0 Å². The van der Waals surface area contributed by atoms with Gasteiger partial charge in [0.1, 0.15) is 0 Å². The Hall–Kier alpha value is -8.46. The third-order valence-corrected chi connectivity index (χ3v) is 12.2. The molecule has 0 atom stereocenters. The molecule has 0 radical (unpaired) electrons. The van der Waals surface area contributed by atoms with Crippen LogP contribution in [0, 0.1) is 0 Å². The van der Waals surface area contributed by atoms with Gasteiger partial charge in [-0.15, -0.1) is 0 Å². The first-order valence-corrected chi connectivity index (χ1v) is 21.9. The monoisotopic (exact) mass is 816 g/mol. The Kier molecular flexibility index (Phi) is 10.3. The molecule has 0 saturated carbocycles. The smallest absolute Gasteiger partial charge is 0.0540 e. The molecule has 0 saturated heterocycles. The predicted octanol–water partition coefficient (Wildman–Crippen LogP) is 17.6. The minimum atomic E-state index is 1.11. The average Bonchev–Trinajstić information content (AvgIpc) is 3.37. The summed E-state index contributed by atoms with van der Waals surface area (Å²) in [5.74, 6) is 0. The summed E-state index contributed by atoms with van der Waals surface area (Å²) >= 11 is 0. The number of hydrogen-bond donors (Lipinski definition) is 0. The first-order valence-electron chi connectivity index (χ1n) is 21.9. The maximum atomic E-state index is 2.35. The number of hydrogen-bond acceptors (Lipinski definition) is 2. The van der Waals surface area contributed by atoms with Crippen molar-refractivity contribution in [3.63, 3.8) is 0 Å². The van der Waals surface area contributed by atoms with Crippen LogP contribution in [0.1, 0.15) is 22.3 Å². The van der Waals surface area contributed by atoms with E-state index in [-0.39, 0.29) is 0 Å². The van der Waals surface area contributed by atoms with Crippen LogP contribution in [0.15, 0.2) is 243 Å². The Labute approximate surface area is 374 Å². The van der Waals surface area contributed by atoms with Gasteiger partial charge in [-0.25, -0.2) is 0 Å². The van der Waals surface area contributed by atoms with Crippen molar-refractivity contribution in [1.29, 1.82) is 0 Å². The molecule has 302 valence electrons. The van der Waals surface area contributed by atoms with Crippen molar-refractivity contribution >= 4 is 102 Å². The second kappa shape index (κ2) is 17.1. The van der Waals surface area contributed by atoms with Gasteiger partial charge in [0.2, 0.25) is 0 Å². The van der Waals surface area contributed by atoms with E-state index in [0.29, 0.717) is 0 Å². The molecule has 0 heterocycles. The minimum Gasteiger partial charge on any atom is -0.310 e. The van der Waals surface area contributed by atoms with Gasteiger partial charge < -0.3 is 9.80 Å². The number of anilines is 6. The van der Waals surface area contributed by atoms with Crippen LogP contribution in [0.25, 0.3) is 67.4 Å². The zero-order chi connectivity index (χ0) is 42.7. The summed E-state index contributed by atoms with van der Waals surface area (Å²) in [4.78, 5) is 4.70. The fourth-order valence-electron chi connectivity index (χ4n) is 9.20. The molecule has 0 spiro atoms. The van der Waals surface area contributed by atoms with E-state index in [9.17, 15) is 0 Å². The fourth-order valence-corrected chi connectivity index (χ4v) is 9.20. The van der Waals surface area contributed by atoms with E-state index in [1.165, 1.54) is 54.2 Å². The highest BCUT2D eigenvalue weighted by molar-refractivity contribution is 6.14. The highest BCUT2D eigenvalue weighted by Gasteiger charge is 2.17. The number of nitrogens with zero attached hydrogens (tertiary/aromatic N) is 2. The van der Waals surface area contributed by atoms with Crippen LogP contribution in [0.4, 0.5) is 34.1 Å². The lowest BCUT2D eigenvalue weighted by Crippen LogP contribution is -2.10. The molecule has 2 heteroatoms. The molecule has 0 aliphatic rings. The van der Waals surface area contributed by atoms with Gasteiger partial charge in [0.25, 0.3) is 0 Å². The largest absolute Gasteiger partial charge is 0.310 e. The summed E-state index contributed by atoms with van der Waals surface area (Å²) in [7, 11) is 0. The van der Waals surface area contributed by atoms with E-state index in [0.717, 1.165) is 45.3 Å². The molecular formula is C62H44N2. The van der Waals surface area contributed by atoms with Crippen LogP contribution >= 0.6 is 0 Å². The maximum absolute atomic E-state index is 2.35. The van der Waals surface area contributed by atoms with Gasteiger partial charge >= 0.3 is 0 Å². The van der Waals surface area contributed by atoms with Crippen molar-refractivity contribution in [2.24, 2.45) is 0 Å². The van der Waals surface area contributed by atoms with Crippen molar-refractivity contribution < 1.29 is 0 Å². The van der Waals surface area contributed by atoms with Crippen LogP contribution < -0.4 is 9.80 Å². The Balaban J connectivity index is 0.922. The zero-order valence-electron chi connectivity index (χ0n) is 35.3. The fraction of sp³-hybridized carbons (Fsp3) is 0. The Bertz CT molecular complexity index is 3180. The number of para-hydroxylation sites is 2. The van der Waals surface area contributed by atoms with Gasteiger partial charge in [0, 0.05) is 33.5 Å². The first-order chi connectivity index (χ1) is 31.8. The molecule has 0 bridgehead atoms. The van der Waals surface area contributed by atoms with Crippen LogP contribution in [0.3, 0.4) is 0 Å². The Morgan fingerprint density at radius 1 is 0.219 bits per heavy atom. The molecular weight excluding hydrogens is 773 g/mol. The highest BCUT2D eigenvalue weighted by Crippen LogP contribution is 2.41. The second-order valence-corrected chi connectivity index (χ2v) is 16.1. The SMILES string of the molecule is C(=C\c1c2ccccc2c(/C=C/c2ccc(N(c3ccccc3)c3cccc4ccccc34)cc2)c2ccccc12)/c1ccc(N(c2ccccc2)c2cccc3ccccc23)cc1. The van der Waals surface area contributed by atoms with Gasteiger partial charge in [0.15, 0.2) is 0 Å². The molecule has 0 N–H and O–H groups in total. The molecule has 2 nitrogen and oxygen atoms in total. The molecule has 0 aromatic heterocycles. The van der Waals surface area contributed by atoms with Crippen molar-refractivity contribution in [2.75, 3.05) is 9.80 Å². The molecule has 64 heavy (non-hydrogen) atoms. The van der Waals surface area contributed by atoms with Crippen LogP contribution in [0.5, 0.6) is 0 Å². The number of benzene rings is 11. The summed E-state index contributed by atoms with van der Waals surface area (Å²) in [6, 6.07) is 86.9. The van der Waals surface area contributed by atoms with Gasteiger partial charge in [-0.05, 0) is 115 Å². The summed E-state index contributed by atoms with van der Waals surface area (Å²) < 4.78 is 0. The topological polar surface area (TPSA) is 6.48 Å². The lowest BCUT2D eigenvalue weighted by atomic mass is 9.91. The Morgan fingerprint density at radius 2 is 0.516 bits per heavy atom. The third-order valence-electron chi connectivity index (χ3n) is 12.2. The van der Waals surface area contributed by atoms with Gasteiger partial charge in [-0.3, -0.25) is 0 Å². The lowest BCUT2D eigenvalue weighted by molar-refractivity contribution is 1.30. The summed E-state index contributed by atoms with van der Waals surface area (Å²) in [5.41, 5.74) is 11.5. The van der Waals surface area contributed by atoms with Crippen molar-refractivity contribution in [1.82, 2.24) is 0 Å². The van der Waals surface area contributed by atoms with E-state index < -0.39 is 0 Å². The minimum absolute atomic E-state index is 1.11. The molecule has 0 amide bonds. The molecule has 0 aliphatic heterocycles. The van der Waals surface area contributed by atoms with E-state index in [1.54, 1.807) is 0 Å². The van der Waals surface area contributed by atoms with Crippen LogP contribution in [0.2, 0.25) is 0 Å². The summed E-state index contributed by atoms with van der Waals surface area (Å²) in [5, 5.41) is 9.78. The van der Waals surface area contributed by atoms with Crippen molar-refractivity contribution in [3.8, 4) is 0 Å². The van der Waals surface area contributed by atoms with E-state index in [4.69, 9.17) is 0 Å². The predicted molar refractivity (Wildman–Crippen MR) is 277 cm³/mol. The number of rotatable bonds is 10. The first kappa shape index (κ1) is 38.5. The average molecular weight is 817 g/mol. The number of fused-ring (bicyclic) bond motifs is 4. The van der Waals surface area contributed by atoms with Gasteiger partial charge in [0.05, 0.1) is 11.4 Å². The molecule has 11 aromatic rings. The van der Waals surface area contributed by atoms with E-state index >= 15 is 0 Å². The van der Waals surface area contributed by atoms with Crippen LogP contribution in [-0.4, -0.2) is 0 Å². The normalized spacial score (nSPS) is 11.6. The Morgan fingerprint density at radius 3 is 0.891 bits per heavy atom. The van der Waals surface area contributed by atoms with E-state index in [2.05, 4.69) is 277 Å². The van der Waals surface area contributed by atoms with Gasteiger partial charge in [-0.1, -0.05) is 206 Å². The third kappa shape index (κ3) is 7.38. The zero-order valence-corrected chi connectivity index (χ0v) is 35.3. The molecule has 11 rings (SSSR count). The van der Waals surface area contributed by atoms with Gasteiger partial charge in [-0.2, -0.15) is 0 Å². The van der Waals surface area contributed by atoms with Crippen molar-refractivity contribution in [2.45, 2.75) is 0 Å². The molecule has 0 aliphatic carbocycles. The highest BCUT2D eigenvalue weighted by atomic mass is 15.1. The standard InChI is InChI=1S/C62H44N2/c1-3-21-49(22-4-1)63(61-31-15-19-47-17-7-9-25-53(47)61)51-39-33-45(34-40-51)37-43-59-55-27-11-13-29-57(55)60(58-30-14-12-28-56(58)59)44-38-46-35-41-52(42-36-46)64(50-23-5-2-6-24-50)62-32-16-20-48-18-8-10-26-54(48)62/h1-44H/b43-37+,44-38+. The molecule has 0 unspecified atom stereocenters. The van der Waals surface area contributed by atoms with Crippen LogP contribution in [-0.2, 0) is 0 Å². The second-order valence-electron chi connectivity index (χ2n) is 16.1. The molecule has 0 fully saturated rings. The maximum Gasteiger partial charge on any atom is 0.0540 e. The van der Waals surface area contributed by atoms with Crippen molar-refractivity contribution in [3.05, 3.63) is 265 Å². The summed E-state index contributed by atoms with van der Waals surface area (Å²) in [6.07, 6.45) is 9.08. The quantitative estimate of drug-likeness (QED) is 0.100.